The number of nitrogens with one attached hydrogen (secondary N) is 1. The van der Waals surface area contributed by atoms with E-state index in [9.17, 15) is 4.79 Å². The smallest absolute Gasteiger partial charge is 0.412 e. The fraction of sp³-hybridized carbons (Fsp3) is 0.562. The van der Waals surface area contributed by atoms with Gasteiger partial charge in [0.25, 0.3) is 0 Å². The lowest BCUT2D eigenvalue weighted by atomic mass is 9.86. The first kappa shape index (κ1) is 17.1. The predicted octanol–water partition coefficient (Wildman–Crippen LogP) is 3.92. The summed E-state index contributed by atoms with van der Waals surface area (Å²) in [5.74, 6) is 0.439. The quantitative estimate of drug-likeness (QED) is 0.811. The Morgan fingerprint density at radius 1 is 1.14 bits per heavy atom. The number of carbonyl (C=O) groups excluding carboxylic acids is 1. The second-order valence-corrected chi connectivity index (χ2v) is 7.02. The lowest BCUT2D eigenvalue weighted by molar-refractivity contribution is 0.0635. The largest absolute Gasteiger partial charge is 0.492 e. The van der Waals surface area contributed by atoms with Crippen LogP contribution in [-0.2, 0) is 10.2 Å². The monoisotopic (exact) mass is 294 g/mol. The van der Waals surface area contributed by atoms with E-state index >= 15 is 0 Å². The van der Waals surface area contributed by atoms with Gasteiger partial charge in [0.1, 0.15) is 5.60 Å². The molecule has 0 fully saturated rings. The Kier molecular flexibility index (Phi) is 4.76. The summed E-state index contributed by atoms with van der Waals surface area (Å²) in [5.41, 5.74) is 7.36. The van der Waals surface area contributed by atoms with E-state index in [0.717, 1.165) is 5.56 Å². The number of benzene rings is 1. The number of carbonyl (C=O) groups is 1. The van der Waals surface area contributed by atoms with Crippen molar-refractivity contribution in [2.24, 2.45) is 0 Å². The van der Waals surface area contributed by atoms with Crippen molar-refractivity contribution in [3.05, 3.63) is 17.7 Å². The molecular formula is C16H26N2O3. The van der Waals surface area contributed by atoms with E-state index in [1.54, 1.807) is 0 Å². The normalized spacial score (nSPS) is 12.0. The number of ether oxygens (including phenoxy) is 2. The topological polar surface area (TPSA) is 73.6 Å². The van der Waals surface area contributed by atoms with Crippen LogP contribution in [-0.4, -0.2) is 18.8 Å². The van der Waals surface area contributed by atoms with E-state index in [1.165, 1.54) is 7.11 Å². The van der Waals surface area contributed by atoms with Crippen molar-refractivity contribution < 1.29 is 14.3 Å². The third-order valence-corrected chi connectivity index (χ3v) is 2.82. The minimum atomic E-state index is -0.565. The molecule has 1 rings (SSSR count). The van der Waals surface area contributed by atoms with Crippen molar-refractivity contribution in [1.82, 2.24) is 0 Å². The van der Waals surface area contributed by atoms with E-state index in [-0.39, 0.29) is 5.41 Å². The number of anilines is 2. The van der Waals surface area contributed by atoms with Gasteiger partial charge in [0.2, 0.25) is 0 Å². The van der Waals surface area contributed by atoms with Gasteiger partial charge < -0.3 is 15.2 Å². The van der Waals surface area contributed by atoms with E-state index in [1.807, 2.05) is 32.9 Å². The molecule has 118 valence electrons. The fourth-order valence-corrected chi connectivity index (χ4v) is 1.82. The van der Waals surface area contributed by atoms with Crippen LogP contribution >= 0.6 is 0 Å². The molecule has 0 spiro atoms. The maximum Gasteiger partial charge on any atom is 0.412 e. The Balaban J connectivity index is 3.15. The minimum absolute atomic E-state index is 0.0925. The van der Waals surface area contributed by atoms with Gasteiger partial charge in [-0.15, -0.1) is 0 Å². The molecule has 1 aromatic rings. The lowest BCUT2D eigenvalue weighted by Gasteiger charge is -2.24. The summed E-state index contributed by atoms with van der Waals surface area (Å²) < 4.78 is 10.5. The predicted molar refractivity (Wildman–Crippen MR) is 86.0 cm³/mol. The zero-order chi connectivity index (χ0) is 16.4. The van der Waals surface area contributed by atoms with E-state index < -0.39 is 11.7 Å². The highest BCUT2D eigenvalue weighted by Crippen LogP contribution is 2.37. The van der Waals surface area contributed by atoms with Gasteiger partial charge in [-0.2, -0.15) is 0 Å². The number of hydrogen-bond acceptors (Lipinski definition) is 4. The Hall–Kier alpha value is -1.91. The highest BCUT2D eigenvalue weighted by atomic mass is 16.6. The first-order valence-corrected chi connectivity index (χ1v) is 6.92. The van der Waals surface area contributed by atoms with Gasteiger partial charge >= 0.3 is 6.09 Å². The molecule has 1 aromatic carbocycles. The number of hydrogen-bond donors (Lipinski definition) is 2. The highest BCUT2D eigenvalue weighted by Gasteiger charge is 2.21. The van der Waals surface area contributed by atoms with Crippen LogP contribution in [0.2, 0.25) is 0 Å². The summed E-state index contributed by atoms with van der Waals surface area (Å²) in [5, 5.41) is 2.71. The molecule has 0 unspecified atom stereocenters. The molecule has 0 aliphatic carbocycles. The molecule has 21 heavy (non-hydrogen) atoms. The van der Waals surface area contributed by atoms with Crippen molar-refractivity contribution in [3.63, 3.8) is 0 Å². The standard InChI is InChI=1S/C16H26N2O3/c1-15(2,3)10-8-11(17)13(20-7)12(9-10)18-14(19)21-16(4,5)6/h8-9H,17H2,1-7H3,(H,18,19). The van der Waals surface area contributed by atoms with Crippen molar-refractivity contribution in [2.45, 2.75) is 52.6 Å². The van der Waals surface area contributed by atoms with Crippen LogP contribution in [0.25, 0.3) is 0 Å². The second kappa shape index (κ2) is 5.84. The fourth-order valence-electron chi connectivity index (χ4n) is 1.82. The Bertz CT molecular complexity index is 526. The zero-order valence-electron chi connectivity index (χ0n) is 14.0. The van der Waals surface area contributed by atoms with Crippen molar-refractivity contribution in [2.75, 3.05) is 18.2 Å². The molecule has 0 saturated carbocycles. The van der Waals surface area contributed by atoms with Gasteiger partial charge in [0.15, 0.2) is 5.75 Å². The van der Waals surface area contributed by atoms with Crippen LogP contribution in [0.4, 0.5) is 16.2 Å². The van der Waals surface area contributed by atoms with Crippen LogP contribution in [0.3, 0.4) is 0 Å². The Morgan fingerprint density at radius 2 is 1.71 bits per heavy atom. The van der Waals surface area contributed by atoms with E-state index in [4.69, 9.17) is 15.2 Å². The van der Waals surface area contributed by atoms with E-state index in [2.05, 4.69) is 26.1 Å². The molecule has 5 heteroatoms. The number of amides is 1. The first-order valence-electron chi connectivity index (χ1n) is 6.92. The molecule has 0 aliphatic rings. The van der Waals surface area contributed by atoms with Crippen LogP contribution in [0.15, 0.2) is 12.1 Å². The molecule has 0 heterocycles. The zero-order valence-corrected chi connectivity index (χ0v) is 14.0. The summed E-state index contributed by atoms with van der Waals surface area (Å²) >= 11 is 0. The maximum atomic E-state index is 11.9. The van der Waals surface area contributed by atoms with Crippen LogP contribution < -0.4 is 15.8 Å². The summed E-state index contributed by atoms with van der Waals surface area (Å²) in [6.45, 7) is 11.7. The number of rotatable bonds is 2. The molecule has 1 amide bonds. The summed E-state index contributed by atoms with van der Waals surface area (Å²) in [6.07, 6.45) is -0.536. The number of methoxy groups -OCH3 is 1. The maximum absolute atomic E-state index is 11.9. The third kappa shape index (κ3) is 4.85. The first-order chi connectivity index (χ1) is 9.44. The molecule has 0 radical (unpaired) electrons. The Labute approximate surface area is 126 Å². The van der Waals surface area contributed by atoms with Crippen molar-refractivity contribution >= 4 is 17.5 Å². The second-order valence-electron chi connectivity index (χ2n) is 7.02. The third-order valence-electron chi connectivity index (χ3n) is 2.82. The number of nitrogen functional groups attached to an aromatic ring is 1. The van der Waals surface area contributed by atoms with Gasteiger partial charge in [-0.1, -0.05) is 20.8 Å². The van der Waals surface area contributed by atoms with Crippen LogP contribution in [0.5, 0.6) is 5.75 Å². The summed E-state index contributed by atoms with van der Waals surface area (Å²) in [7, 11) is 1.52. The average molecular weight is 294 g/mol. The molecule has 0 aliphatic heterocycles. The highest BCUT2D eigenvalue weighted by molar-refractivity contribution is 5.89. The molecule has 0 bridgehead atoms. The van der Waals surface area contributed by atoms with Gasteiger partial charge in [0.05, 0.1) is 18.5 Å². The van der Waals surface area contributed by atoms with Crippen molar-refractivity contribution in [3.8, 4) is 5.75 Å². The molecule has 0 atom stereocenters. The van der Waals surface area contributed by atoms with Gasteiger partial charge in [-0.3, -0.25) is 5.32 Å². The van der Waals surface area contributed by atoms with Gasteiger partial charge in [0, 0.05) is 0 Å². The average Bonchev–Trinajstić information content (AvgIpc) is 2.24. The van der Waals surface area contributed by atoms with E-state index in [0.29, 0.717) is 17.1 Å². The molecular weight excluding hydrogens is 268 g/mol. The SMILES string of the molecule is COc1c(N)cc(C(C)(C)C)cc1NC(=O)OC(C)(C)C. The van der Waals surface area contributed by atoms with Gasteiger partial charge in [-0.25, -0.2) is 4.79 Å². The molecule has 0 saturated heterocycles. The summed E-state index contributed by atoms with van der Waals surface area (Å²) in [6, 6.07) is 3.72. The van der Waals surface area contributed by atoms with Gasteiger partial charge in [-0.05, 0) is 43.9 Å². The van der Waals surface area contributed by atoms with Crippen molar-refractivity contribution in [1.29, 1.82) is 0 Å². The molecule has 3 N–H and O–H groups in total. The lowest BCUT2D eigenvalue weighted by Crippen LogP contribution is -2.27. The Morgan fingerprint density at radius 3 is 2.14 bits per heavy atom. The van der Waals surface area contributed by atoms with Crippen LogP contribution in [0, 0.1) is 0 Å². The minimum Gasteiger partial charge on any atom is -0.492 e. The molecule has 0 aromatic heterocycles. The summed E-state index contributed by atoms with van der Waals surface area (Å²) in [4.78, 5) is 11.9. The number of nitrogens with two attached hydrogens (primary N) is 1. The molecule has 5 nitrogen and oxygen atoms in total. The van der Waals surface area contributed by atoms with Crippen LogP contribution in [0.1, 0.15) is 47.1 Å².